The van der Waals surface area contributed by atoms with Gasteiger partial charge in [-0.1, -0.05) is 0 Å². The summed E-state index contributed by atoms with van der Waals surface area (Å²) in [5.41, 5.74) is 5.23. The van der Waals surface area contributed by atoms with Crippen LogP contribution in [0.1, 0.15) is 6.42 Å². The van der Waals surface area contributed by atoms with Crippen LogP contribution in [-0.2, 0) is 4.74 Å². The van der Waals surface area contributed by atoms with Crippen LogP contribution in [-0.4, -0.2) is 34.6 Å². The maximum atomic E-state index is 10.7. The van der Waals surface area contributed by atoms with Gasteiger partial charge >= 0.3 is 5.69 Å². The molecule has 2 rings (SSSR count). The fraction of sp³-hybridized carbons (Fsp3) is 0.556. The molecule has 8 nitrogen and oxygen atoms in total. The normalized spacial score (nSPS) is 19.2. The van der Waals surface area contributed by atoms with Gasteiger partial charge in [0.15, 0.2) is 0 Å². The molecule has 1 aliphatic heterocycles. The third-order valence-electron chi connectivity index (χ3n) is 2.57. The predicted molar refractivity (Wildman–Crippen MR) is 60.5 cm³/mol. The number of nitrogens with one attached hydrogen (secondary N) is 1. The topological polar surface area (TPSA) is 116 Å². The highest BCUT2D eigenvalue weighted by molar-refractivity contribution is 5.56. The van der Waals surface area contributed by atoms with Crippen molar-refractivity contribution in [3.63, 3.8) is 0 Å². The minimum absolute atomic E-state index is 0.0146. The zero-order valence-electron chi connectivity index (χ0n) is 9.13. The van der Waals surface area contributed by atoms with Gasteiger partial charge in [-0.05, 0) is 6.42 Å². The Kier molecular flexibility index (Phi) is 3.33. The second kappa shape index (κ2) is 4.91. The van der Waals surface area contributed by atoms with E-state index in [0.717, 1.165) is 19.2 Å². The van der Waals surface area contributed by atoms with E-state index in [1.165, 1.54) is 0 Å². The SMILES string of the molecule is Nc1ncc([N+](=O)[O-])c(NCC2CCOC2)n1. The van der Waals surface area contributed by atoms with Crippen LogP contribution in [0.3, 0.4) is 0 Å². The molecule has 1 atom stereocenters. The lowest BCUT2D eigenvalue weighted by Gasteiger charge is -2.09. The van der Waals surface area contributed by atoms with Crippen molar-refractivity contribution < 1.29 is 9.66 Å². The third kappa shape index (κ3) is 2.78. The molecule has 0 aromatic carbocycles. The molecule has 0 saturated carbocycles. The van der Waals surface area contributed by atoms with Gasteiger partial charge in [0.2, 0.25) is 11.8 Å². The van der Waals surface area contributed by atoms with Gasteiger partial charge in [-0.15, -0.1) is 0 Å². The van der Waals surface area contributed by atoms with Crippen LogP contribution < -0.4 is 11.1 Å². The molecule has 0 bridgehead atoms. The van der Waals surface area contributed by atoms with Crippen molar-refractivity contribution in [2.75, 3.05) is 30.8 Å². The van der Waals surface area contributed by atoms with Crippen LogP contribution in [0.5, 0.6) is 0 Å². The predicted octanol–water partition coefficient (Wildman–Crippen LogP) is 0.415. The number of nitrogens with zero attached hydrogens (tertiary/aromatic N) is 3. The molecule has 1 saturated heterocycles. The molecule has 8 heteroatoms. The first-order chi connectivity index (χ1) is 8.16. The summed E-state index contributed by atoms with van der Waals surface area (Å²) < 4.78 is 5.22. The zero-order valence-corrected chi connectivity index (χ0v) is 9.13. The summed E-state index contributed by atoms with van der Waals surface area (Å²) in [6.45, 7) is 1.99. The quantitative estimate of drug-likeness (QED) is 0.577. The van der Waals surface area contributed by atoms with Gasteiger partial charge in [0.1, 0.15) is 6.20 Å². The van der Waals surface area contributed by atoms with Gasteiger partial charge in [-0.2, -0.15) is 4.98 Å². The lowest BCUT2D eigenvalue weighted by molar-refractivity contribution is -0.384. The molecule has 1 aliphatic rings. The summed E-state index contributed by atoms with van der Waals surface area (Å²) in [5.74, 6) is 0.529. The molecular weight excluding hydrogens is 226 g/mol. The maximum absolute atomic E-state index is 10.7. The second-order valence-electron chi connectivity index (χ2n) is 3.83. The number of anilines is 2. The Morgan fingerprint density at radius 3 is 3.18 bits per heavy atom. The molecule has 3 N–H and O–H groups in total. The summed E-state index contributed by atoms with van der Waals surface area (Å²) in [7, 11) is 0. The molecule has 1 aromatic rings. The average molecular weight is 239 g/mol. The minimum atomic E-state index is -0.535. The number of rotatable bonds is 4. The van der Waals surface area contributed by atoms with Gasteiger partial charge in [-0.25, -0.2) is 4.98 Å². The van der Waals surface area contributed by atoms with Crippen molar-refractivity contribution in [1.82, 2.24) is 9.97 Å². The Hall–Kier alpha value is -1.96. The number of aromatic nitrogens is 2. The maximum Gasteiger partial charge on any atom is 0.329 e. The number of hydrogen-bond acceptors (Lipinski definition) is 7. The van der Waals surface area contributed by atoms with E-state index < -0.39 is 4.92 Å². The van der Waals surface area contributed by atoms with Crippen LogP contribution in [0.2, 0.25) is 0 Å². The fourth-order valence-corrected chi connectivity index (χ4v) is 1.64. The van der Waals surface area contributed by atoms with E-state index in [0.29, 0.717) is 19.1 Å². The van der Waals surface area contributed by atoms with Crippen molar-refractivity contribution in [2.45, 2.75) is 6.42 Å². The molecule has 92 valence electrons. The molecular formula is C9H13N5O3. The smallest absolute Gasteiger partial charge is 0.329 e. The van der Waals surface area contributed by atoms with Crippen LogP contribution in [0.25, 0.3) is 0 Å². The largest absolute Gasteiger partial charge is 0.381 e. The Labute approximate surface area is 97.3 Å². The van der Waals surface area contributed by atoms with Crippen LogP contribution in [0.4, 0.5) is 17.5 Å². The first kappa shape index (κ1) is 11.5. The van der Waals surface area contributed by atoms with Gasteiger partial charge < -0.3 is 15.8 Å². The number of nitrogens with two attached hydrogens (primary N) is 1. The molecule has 1 aromatic heterocycles. The molecule has 1 fully saturated rings. The lowest BCUT2D eigenvalue weighted by Crippen LogP contribution is -2.16. The fourth-order valence-electron chi connectivity index (χ4n) is 1.64. The number of ether oxygens (including phenoxy) is 1. The van der Waals surface area contributed by atoms with Crippen LogP contribution >= 0.6 is 0 Å². The molecule has 0 amide bonds. The zero-order chi connectivity index (χ0) is 12.3. The molecule has 0 radical (unpaired) electrons. The van der Waals surface area contributed by atoms with Crippen molar-refractivity contribution >= 4 is 17.5 Å². The molecule has 2 heterocycles. The summed E-state index contributed by atoms with van der Waals surface area (Å²) in [4.78, 5) is 17.6. The van der Waals surface area contributed by atoms with Gasteiger partial charge in [0.25, 0.3) is 0 Å². The summed E-state index contributed by atoms with van der Waals surface area (Å²) in [6.07, 6.45) is 2.05. The van der Waals surface area contributed by atoms with Crippen molar-refractivity contribution in [3.8, 4) is 0 Å². The first-order valence-corrected chi connectivity index (χ1v) is 5.25. The van der Waals surface area contributed by atoms with E-state index >= 15 is 0 Å². The number of nitro groups is 1. The van der Waals surface area contributed by atoms with Gasteiger partial charge in [-0.3, -0.25) is 10.1 Å². The van der Waals surface area contributed by atoms with Gasteiger partial charge in [0.05, 0.1) is 11.5 Å². The van der Waals surface area contributed by atoms with E-state index in [1.54, 1.807) is 0 Å². The molecule has 0 spiro atoms. The highest BCUT2D eigenvalue weighted by Crippen LogP contribution is 2.22. The number of hydrogen-bond donors (Lipinski definition) is 2. The average Bonchev–Trinajstić information content (AvgIpc) is 2.78. The second-order valence-corrected chi connectivity index (χ2v) is 3.83. The summed E-state index contributed by atoms with van der Waals surface area (Å²) >= 11 is 0. The van der Waals surface area contributed by atoms with E-state index in [1.807, 2.05) is 0 Å². The highest BCUT2D eigenvalue weighted by atomic mass is 16.6. The van der Waals surface area contributed by atoms with Crippen LogP contribution in [0.15, 0.2) is 6.20 Å². The highest BCUT2D eigenvalue weighted by Gasteiger charge is 2.20. The minimum Gasteiger partial charge on any atom is -0.381 e. The number of nitrogen functional groups attached to an aromatic ring is 1. The first-order valence-electron chi connectivity index (χ1n) is 5.25. The lowest BCUT2D eigenvalue weighted by atomic mass is 10.1. The van der Waals surface area contributed by atoms with E-state index in [4.69, 9.17) is 10.5 Å². The van der Waals surface area contributed by atoms with E-state index in [-0.39, 0.29) is 17.5 Å². The van der Waals surface area contributed by atoms with Crippen molar-refractivity contribution in [2.24, 2.45) is 5.92 Å². The Bertz CT molecular complexity index is 419. The van der Waals surface area contributed by atoms with Crippen molar-refractivity contribution in [1.29, 1.82) is 0 Å². The monoisotopic (exact) mass is 239 g/mol. The molecule has 0 aliphatic carbocycles. The summed E-state index contributed by atoms with van der Waals surface area (Å²) in [5, 5.41) is 13.7. The Morgan fingerprint density at radius 1 is 1.71 bits per heavy atom. The van der Waals surface area contributed by atoms with Gasteiger partial charge in [0, 0.05) is 19.1 Å². The Morgan fingerprint density at radius 2 is 2.53 bits per heavy atom. The van der Waals surface area contributed by atoms with Crippen molar-refractivity contribution in [3.05, 3.63) is 16.3 Å². The van der Waals surface area contributed by atoms with E-state index in [2.05, 4.69) is 15.3 Å². The molecule has 1 unspecified atom stereocenters. The van der Waals surface area contributed by atoms with E-state index in [9.17, 15) is 10.1 Å². The third-order valence-corrected chi connectivity index (χ3v) is 2.57. The molecule has 17 heavy (non-hydrogen) atoms. The summed E-state index contributed by atoms with van der Waals surface area (Å²) in [6, 6.07) is 0. The Balaban J connectivity index is 2.07. The standard InChI is InChI=1S/C9H13N5O3/c10-9-12-4-7(14(15)16)8(13-9)11-3-6-1-2-17-5-6/h4,6H,1-3,5H2,(H3,10,11,12,13). The van der Waals surface area contributed by atoms with Crippen LogP contribution in [0, 0.1) is 16.0 Å².